The molecule has 0 fully saturated rings. The maximum Gasteiger partial charge on any atom is 0.323 e. The third-order valence-corrected chi connectivity index (χ3v) is 2.70. The van der Waals surface area contributed by atoms with Crippen molar-refractivity contribution in [1.29, 1.82) is 0 Å². The van der Waals surface area contributed by atoms with Gasteiger partial charge in [-0.25, -0.2) is 4.79 Å². The van der Waals surface area contributed by atoms with E-state index in [1.807, 2.05) is 13.8 Å². The van der Waals surface area contributed by atoms with Gasteiger partial charge in [-0.05, 0) is 25.5 Å². The lowest BCUT2D eigenvalue weighted by molar-refractivity contribution is -0.137. The summed E-state index contributed by atoms with van der Waals surface area (Å²) in [5.41, 5.74) is 0. The minimum atomic E-state index is -0.868. The Labute approximate surface area is 108 Å². The van der Waals surface area contributed by atoms with E-state index in [1.54, 1.807) is 4.90 Å². The fourth-order valence-electron chi connectivity index (χ4n) is 1.34. The van der Waals surface area contributed by atoms with Crippen LogP contribution in [0.1, 0.15) is 26.7 Å². The Morgan fingerprint density at radius 1 is 1.50 bits per heavy atom. The zero-order valence-corrected chi connectivity index (χ0v) is 11.0. The van der Waals surface area contributed by atoms with Crippen LogP contribution < -0.4 is 5.32 Å². The number of carboxylic acid groups (broad SMARTS) is 1. The van der Waals surface area contributed by atoms with Crippen molar-refractivity contribution in [3.05, 3.63) is 0 Å². The molecule has 2 N–H and O–H groups in total. The van der Waals surface area contributed by atoms with E-state index in [2.05, 4.69) is 20.1 Å². The first-order valence-corrected chi connectivity index (χ1v) is 6.22. The van der Waals surface area contributed by atoms with Crippen LogP contribution in [-0.2, 0) is 4.79 Å². The minimum Gasteiger partial charge on any atom is -0.481 e. The predicted molar refractivity (Wildman–Crippen MR) is 65.4 cm³/mol. The molecule has 0 spiro atoms. The summed E-state index contributed by atoms with van der Waals surface area (Å²) in [6.07, 6.45) is 0.451. The van der Waals surface area contributed by atoms with Crippen LogP contribution in [0.25, 0.3) is 0 Å². The molecule has 8 nitrogen and oxygen atoms in total. The van der Waals surface area contributed by atoms with Crippen molar-refractivity contribution in [2.45, 2.75) is 32.7 Å². The van der Waals surface area contributed by atoms with Crippen LogP contribution in [0.2, 0.25) is 0 Å². The van der Waals surface area contributed by atoms with E-state index >= 15 is 0 Å². The first-order chi connectivity index (χ1) is 8.50. The molecule has 1 aromatic rings. The van der Waals surface area contributed by atoms with Crippen molar-refractivity contribution < 1.29 is 14.7 Å². The van der Waals surface area contributed by atoms with E-state index in [1.165, 1.54) is 0 Å². The van der Waals surface area contributed by atoms with E-state index in [0.29, 0.717) is 18.1 Å². The third-order valence-electron chi connectivity index (χ3n) is 2.19. The maximum absolute atomic E-state index is 11.9. The molecule has 0 aliphatic carbocycles. The molecule has 0 radical (unpaired) electrons. The summed E-state index contributed by atoms with van der Waals surface area (Å²) >= 11 is 0.984. The normalized spacial score (nSPS) is 10.4. The highest BCUT2D eigenvalue weighted by Crippen LogP contribution is 2.09. The van der Waals surface area contributed by atoms with Gasteiger partial charge in [-0.15, -0.1) is 0 Å². The Morgan fingerprint density at radius 2 is 2.22 bits per heavy atom. The van der Waals surface area contributed by atoms with Gasteiger partial charge in [-0.1, -0.05) is 9.59 Å². The summed E-state index contributed by atoms with van der Waals surface area (Å²) in [7, 11) is 0. The number of carbonyl (C=O) groups excluding carboxylic acids is 1. The molecule has 0 saturated heterocycles. The molecule has 0 bridgehead atoms. The number of nitrogens with one attached hydrogen (secondary N) is 1. The second-order valence-electron chi connectivity index (χ2n) is 3.88. The standard InChI is InChI=1S/C9H15N5O3S/c1-6(2)14(5-3-4-7(15)16)9(17)10-8-11-12-13-18-8/h6H,3-5H2,1-2H3,(H,15,16)(H,10,11,13,17). The van der Waals surface area contributed by atoms with Gasteiger partial charge in [-0.2, -0.15) is 0 Å². The van der Waals surface area contributed by atoms with Gasteiger partial charge in [-0.3, -0.25) is 10.1 Å². The molecule has 0 atom stereocenters. The summed E-state index contributed by atoms with van der Waals surface area (Å²) in [6.45, 7) is 4.10. The molecular weight excluding hydrogens is 258 g/mol. The number of carboxylic acids is 1. The predicted octanol–water partition coefficient (Wildman–Crippen LogP) is 1.04. The molecule has 100 valence electrons. The van der Waals surface area contributed by atoms with E-state index in [-0.39, 0.29) is 18.5 Å². The topological polar surface area (TPSA) is 108 Å². The summed E-state index contributed by atoms with van der Waals surface area (Å²) in [6, 6.07) is -0.353. The highest BCUT2D eigenvalue weighted by atomic mass is 32.1. The number of rotatable bonds is 6. The van der Waals surface area contributed by atoms with Crippen LogP contribution in [0.3, 0.4) is 0 Å². The van der Waals surface area contributed by atoms with Gasteiger partial charge in [0, 0.05) is 30.5 Å². The SMILES string of the molecule is CC(C)N(CCCC(=O)O)C(=O)Nc1nnns1. The minimum absolute atomic E-state index is 0.0281. The summed E-state index contributed by atoms with van der Waals surface area (Å²) < 4.78 is 3.53. The van der Waals surface area contributed by atoms with Gasteiger partial charge in [0.2, 0.25) is 5.13 Å². The molecule has 0 aromatic carbocycles. The fourth-order valence-corrected chi connectivity index (χ4v) is 1.70. The molecule has 9 heteroatoms. The van der Waals surface area contributed by atoms with Crippen molar-refractivity contribution in [1.82, 2.24) is 19.7 Å². The number of aromatic nitrogens is 3. The molecule has 1 heterocycles. The van der Waals surface area contributed by atoms with Crippen LogP contribution in [-0.4, -0.2) is 49.4 Å². The number of anilines is 1. The Hall–Kier alpha value is -1.77. The highest BCUT2D eigenvalue weighted by Gasteiger charge is 2.18. The monoisotopic (exact) mass is 273 g/mol. The zero-order chi connectivity index (χ0) is 13.5. The second kappa shape index (κ2) is 6.84. The molecule has 0 saturated carbocycles. The molecular formula is C9H15N5O3S. The lowest BCUT2D eigenvalue weighted by Gasteiger charge is -2.26. The van der Waals surface area contributed by atoms with Crippen LogP contribution in [0.15, 0.2) is 0 Å². The fraction of sp³-hybridized carbons (Fsp3) is 0.667. The van der Waals surface area contributed by atoms with Crippen LogP contribution in [0, 0.1) is 0 Å². The number of hydrogen-bond acceptors (Lipinski definition) is 6. The molecule has 1 rings (SSSR count). The third kappa shape index (κ3) is 4.62. The van der Waals surface area contributed by atoms with Crippen molar-refractivity contribution in [3.8, 4) is 0 Å². The number of hydrogen-bond donors (Lipinski definition) is 2. The first kappa shape index (κ1) is 14.3. The van der Waals surface area contributed by atoms with Crippen LogP contribution in [0.4, 0.5) is 9.93 Å². The molecule has 0 aliphatic rings. The van der Waals surface area contributed by atoms with E-state index < -0.39 is 5.97 Å². The molecule has 1 aromatic heterocycles. The smallest absolute Gasteiger partial charge is 0.323 e. The molecule has 0 aliphatic heterocycles. The van der Waals surface area contributed by atoms with Crippen LogP contribution in [0.5, 0.6) is 0 Å². The average molecular weight is 273 g/mol. The van der Waals surface area contributed by atoms with E-state index in [4.69, 9.17) is 5.11 Å². The number of nitrogens with zero attached hydrogens (tertiary/aromatic N) is 4. The summed E-state index contributed by atoms with van der Waals surface area (Å²) in [5, 5.41) is 18.4. The van der Waals surface area contributed by atoms with Gasteiger partial charge in [0.15, 0.2) is 0 Å². The quantitative estimate of drug-likeness (QED) is 0.801. The Bertz CT molecular complexity index is 395. The van der Waals surface area contributed by atoms with Crippen molar-refractivity contribution in [2.24, 2.45) is 0 Å². The Balaban J connectivity index is 2.50. The lowest BCUT2D eigenvalue weighted by atomic mass is 10.2. The zero-order valence-electron chi connectivity index (χ0n) is 10.2. The van der Waals surface area contributed by atoms with Crippen molar-refractivity contribution in [2.75, 3.05) is 11.9 Å². The molecule has 0 unspecified atom stereocenters. The maximum atomic E-state index is 11.9. The lowest BCUT2D eigenvalue weighted by Crippen LogP contribution is -2.40. The summed E-state index contributed by atoms with van der Waals surface area (Å²) in [4.78, 5) is 23.9. The number of carbonyl (C=O) groups is 2. The average Bonchev–Trinajstić information content (AvgIpc) is 2.75. The first-order valence-electron chi connectivity index (χ1n) is 5.45. The van der Waals surface area contributed by atoms with Gasteiger partial charge in [0.05, 0.1) is 0 Å². The van der Waals surface area contributed by atoms with Gasteiger partial charge in [0.1, 0.15) is 0 Å². The summed E-state index contributed by atoms with van der Waals surface area (Å²) in [5.74, 6) is -0.868. The van der Waals surface area contributed by atoms with E-state index in [9.17, 15) is 9.59 Å². The Kier molecular flexibility index (Phi) is 5.43. The highest BCUT2D eigenvalue weighted by molar-refractivity contribution is 7.09. The van der Waals surface area contributed by atoms with Gasteiger partial charge < -0.3 is 10.0 Å². The van der Waals surface area contributed by atoms with Gasteiger partial charge >= 0.3 is 12.0 Å². The van der Waals surface area contributed by atoms with Gasteiger partial charge in [0.25, 0.3) is 0 Å². The second-order valence-corrected chi connectivity index (χ2v) is 4.61. The van der Waals surface area contributed by atoms with Crippen molar-refractivity contribution >= 4 is 28.7 Å². The number of aliphatic carboxylic acids is 1. The van der Waals surface area contributed by atoms with E-state index in [0.717, 1.165) is 11.5 Å². The largest absolute Gasteiger partial charge is 0.481 e. The van der Waals surface area contributed by atoms with Crippen molar-refractivity contribution in [3.63, 3.8) is 0 Å². The van der Waals surface area contributed by atoms with Crippen LogP contribution >= 0.6 is 11.5 Å². The Morgan fingerprint density at radius 3 is 2.72 bits per heavy atom. The molecule has 2 amide bonds. The number of amides is 2. The molecule has 18 heavy (non-hydrogen) atoms. The number of urea groups is 1.